The molecular formula is C27H29N3O5. The smallest absolute Gasteiger partial charge is 0.338 e. The second-order valence-corrected chi connectivity index (χ2v) is 9.85. The van der Waals surface area contributed by atoms with E-state index in [-0.39, 0.29) is 23.9 Å². The van der Waals surface area contributed by atoms with E-state index in [1.54, 1.807) is 24.3 Å². The molecule has 1 atom stereocenters. The average molecular weight is 476 g/mol. The number of carbonyl (C=O) groups excluding carboxylic acids is 2. The summed E-state index contributed by atoms with van der Waals surface area (Å²) in [4.78, 5) is 28.8. The highest BCUT2D eigenvalue weighted by atomic mass is 16.5. The first-order valence-electron chi connectivity index (χ1n) is 11.9. The standard InChI is InChI=1S/C27H29N3O5/c1-17-20(5-6-21-22(17)15-35-26(21)33)23(31)14-29-9-7-27(8-10-29)12-25(32)30(16-27)19-4-3-18(13-28)24(11-19)34-2/h3-6,11,23,31H,7-10,12,14-16H2,1-2H3/t23-/m0/s1. The number of nitrogens with zero attached hydrogens (tertiary/aromatic N) is 3. The third-order valence-corrected chi connectivity index (χ3v) is 7.85. The number of amides is 1. The lowest BCUT2D eigenvalue weighted by Crippen LogP contribution is -2.43. The summed E-state index contributed by atoms with van der Waals surface area (Å²) < 4.78 is 10.5. The van der Waals surface area contributed by atoms with E-state index in [0.717, 1.165) is 48.3 Å². The van der Waals surface area contributed by atoms with Crippen molar-refractivity contribution in [3.8, 4) is 11.8 Å². The predicted molar refractivity (Wildman–Crippen MR) is 128 cm³/mol. The lowest BCUT2D eigenvalue weighted by atomic mass is 9.77. The van der Waals surface area contributed by atoms with E-state index in [4.69, 9.17) is 9.47 Å². The quantitative estimate of drug-likeness (QED) is 0.663. The molecular weight excluding hydrogens is 446 g/mol. The molecule has 2 aromatic carbocycles. The van der Waals surface area contributed by atoms with Crippen molar-refractivity contribution in [1.29, 1.82) is 5.26 Å². The van der Waals surface area contributed by atoms with Crippen molar-refractivity contribution in [2.24, 2.45) is 5.41 Å². The van der Waals surface area contributed by atoms with Crippen LogP contribution in [0.3, 0.4) is 0 Å². The number of aliphatic hydroxyl groups excluding tert-OH is 1. The van der Waals surface area contributed by atoms with Crippen LogP contribution in [-0.4, -0.2) is 55.2 Å². The minimum atomic E-state index is -0.655. The van der Waals surface area contributed by atoms with Gasteiger partial charge in [0.2, 0.25) is 5.91 Å². The summed E-state index contributed by atoms with van der Waals surface area (Å²) in [7, 11) is 1.52. The molecule has 0 bridgehead atoms. The van der Waals surface area contributed by atoms with E-state index in [9.17, 15) is 20.0 Å². The predicted octanol–water partition coefficient (Wildman–Crippen LogP) is 3.10. The van der Waals surface area contributed by atoms with Crippen LogP contribution in [0.15, 0.2) is 30.3 Å². The monoisotopic (exact) mass is 475 g/mol. The molecule has 182 valence electrons. The summed E-state index contributed by atoms with van der Waals surface area (Å²) in [6, 6.07) is 10.9. The van der Waals surface area contributed by atoms with Crippen LogP contribution in [-0.2, 0) is 16.1 Å². The Balaban J connectivity index is 1.23. The van der Waals surface area contributed by atoms with Crippen molar-refractivity contribution in [2.75, 3.05) is 38.2 Å². The molecule has 3 aliphatic rings. The van der Waals surface area contributed by atoms with Crippen LogP contribution in [0.25, 0.3) is 0 Å². The molecule has 2 fully saturated rings. The van der Waals surface area contributed by atoms with Gasteiger partial charge in [0.1, 0.15) is 18.4 Å². The highest BCUT2D eigenvalue weighted by molar-refractivity contribution is 5.96. The number of nitriles is 1. The highest BCUT2D eigenvalue weighted by Crippen LogP contribution is 2.43. The second-order valence-electron chi connectivity index (χ2n) is 9.85. The van der Waals surface area contributed by atoms with Crippen LogP contribution >= 0.6 is 0 Å². The molecule has 2 saturated heterocycles. The topological polar surface area (TPSA) is 103 Å². The van der Waals surface area contributed by atoms with E-state index in [1.165, 1.54) is 7.11 Å². The zero-order valence-electron chi connectivity index (χ0n) is 20.0. The van der Waals surface area contributed by atoms with E-state index < -0.39 is 6.10 Å². The van der Waals surface area contributed by atoms with Gasteiger partial charge in [-0.3, -0.25) is 4.79 Å². The number of esters is 1. The normalized spacial score (nSPS) is 20.0. The molecule has 2 aromatic rings. The Bertz CT molecular complexity index is 1230. The van der Waals surface area contributed by atoms with Crippen LogP contribution in [0.4, 0.5) is 5.69 Å². The number of aliphatic hydroxyl groups is 1. The molecule has 35 heavy (non-hydrogen) atoms. The third kappa shape index (κ3) is 4.15. The first-order chi connectivity index (χ1) is 16.8. The van der Waals surface area contributed by atoms with Gasteiger partial charge in [-0.05, 0) is 67.6 Å². The summed E-state index contributed by atoms with van der Waals surface area (Å²) in [6.07, 6.45) is 1.60. The Labute approximate surface area is 204 Å². The summed E-state index contributed by atoms with van der Waals surface area (Å²) in [6.45, 7) is 4.97. The molecule has 1 spiro atoms. The number of anilines is 1. The van der Waals surface area contributed by atoms with Crippen LogP contribution in [0.5, 0.6) is 5.75 Å². The fraction of sp³-hybridized carbons (Fsp3) is 0.444. The number of rotatable bonds is 5. The third-order valence-electron chi connectivity index (χ3n) is 7.85. The molecule has 0 radical (unpaired) electrons. The zero-order valence-corrected chi connectivity index (χ0v) is 20.0. The number of likely N-dealkylation sites (tertiary alicyclic amines) is 1. The van der Waals surface area contributed by atoms with Gasteiger partial charge < -0.3 is 24.4 Å². The Morgan fingerprint density at radius 3 is 2.71 bits per heavy atom. The number of cyclic esters (lactones) is 1. The van der Waals surface area contributed by atoms with Crippen molar-refractivity contribution in [3.05, 3.63) is 58.1 Å². The van der Waals surface area contributed by atoms with Crippen LogP contribution < -0.4 is 9.64 Å². The number of hydrogen-bond donors (Lipinski definition) is 1. The van der Waals surface area contributed by atoms with E-state index >= 15 is 0 Å². The van der Waals surface area contributed by atoms with Gasteiger partial charge in [-0.2, -0.15) is 5.26 Å². The van der Waals surface area contributed by atoms with Crippen molar-refractivity contribution in [1.82, 2.24) is 4.90 Å². The lowest BCUT2D eigenvalue weighted by molar-refractivity contribution is -0.118. The molecule has 3 heterocycles. The number of carbonyl (C=O) groups is 2. The largest absolute Gasteiger partial charge is 0.495 e. The lowest BCUT2D eigenvalue weighted by Gasteiger charge is -2.39. The summed E-state index contributed by atoms with van der Waals surface area (Å²) in [5, 5.41) is 20.2. The van der Waals surface area contributed by atoms with E-state index in [0.29, 0.717) is 36.4 Å². The van der Waals surface area contributed by atoms with Gasteiger partial charge in [-0.15, -0.1) is 0 Å². The maximum atomic E-state index is 12.9. The second kappa shape index (κ2) is 8.99. The number of piperidine rings is 1. The summed E-state index contributed by atoms with van der Waals surface area (Å²) >= 11 is 0. The minimum absolute atomic E-state index is 0.0825. The average Bonchev–Trinajstić information content (AvgIpc) is 3.40. The molecule has 0 unspecified atom stereocenters. The maximum absolute atomic E-state index is 12.9. The number of benzene rings is 2. The number of β-amino-alcohol motifs (C(OH)–C–C–N with tert-alkyl or cyclic N) is 1. The Morgan fingerprint density at radius 2 is 2.00 bits per heavy atom. The highest BCUT2D eigenvalue weighted by Gasteiger charge is 2.45. The number of methoxy groups -OCH3 is 1. The fourth-order valence-corrected chi connectivity index (χ4v) is 5.69. The Hall–Kier alpha value is -3.41. The summed E-state index contributed by atoms with van der Waals surface area (Å²) in [5.41, 5.74) is 4.34. The van der Waals surface area contributed by atoms with Crippen molar-refractivity contribution in [2.45, 2.75) is 38.9 Å². The van der Waals surface area contributed by atoms with Gasteiger partial charge in [0.15, 0.2) is 0 Å². The maximum Gasteiger partial charge on any atom is 0.338 e. The van der Waals surface area contributed by atoms with Crippen molar-refractivity contribution < 1.29 is 24.2 Å². The molecule has 1 amide bonds. The first-order valence-corrected chi connectivity index (χ1v) is 11.9. The van der Waals surface area contributed by atoms with E-state index in [2.05, 4.69) is 11.0 Å². The van der Waals surface area contributed by atoms with Gasteiger partial charge in [0.25, 0.3) is 0 Å². The number of hydrogen-bond acceptors (Lipinski definition) is 7. The Morgan fingerprint density at radius 1 is 1.23 bits per heavy atom. The van der Waals surface area contributed by atoms with Crippen LogP contribution in [0.1, 0.15) is 58.0 Å². The molecule has 5 rings (SSSR count). The molecule has 3 aliphatic heterocycles. The molecule has 8 nitrogen and oxygen atoms in total. The van der Waals surface area contributed by atoms with Gasteiger partial charge in [-0.25, -0.2) is 4.79 Å². The van der Waals surface area contributed by atoms with Crippen LogP contribution in [0, 0.1) is 23.7 Å². The molecule has 1 N–H and O–H groups in total. The molecule has 0 aliphatic carbocycles. The van der Waals surface area contributed by atoms with E-state index in [1.807, 2.05) is 17.9 Å². The van der Waals surface area contributed by atoms with Gasteiger partial charge >= 0.3 is 5.97 Å². The first kappa shape index (κ1) is 23.3. The zero-order chi connectivity index (χ0) is 24.7. The number of ether oxygens (including phenoxy) is 2. The molecule has 8 heteroatoms. The van der Waals surface area contributed by atoms with Crippen molar-refractivity contribution >= 4 is 17.6 Å². The van der Waals surface area contributed by atoms with Gasteiger partial charge in [0, 0.05) is 36.8 Å². The van der Waals surface area contributed by atoms with Crippen LogP contribution in [0.2, 0.25) is 0 Å². The van der Waals surface area contributed by atoms with Gasteiger partial charge in [0.05, 0.1) is 24.3 Å². The number of fused-ring (bicyclic) bond motifs is 1. The summed E-state index contributed by atoms with van der Waals surface area (Å²) in [5.74, 6) is 0.265. The molecule has 0 aromatic heterocycles. The van der Waals surface area contributed by atoms with Gasteiger partial charge in [-0.1, -0.05) is 6.07 Å². The minimum Gasteiger partial charge on any atom is -0.495 e. The molecule has 0 saturated carbocycles. The van der Waals surface area contributed by atoms with Crippen molar-refractivity contribution in [3.63, 3.8) is 0 Å². The fourth-order valence-electron chi connectivity index (χ4n) is 5.69. The Kier molecular flexibility index (Phi) is 5.99. The SMILES string of the molecule is COc1cc(N2CC3(CCN(C[C@H](O)c4ccc5c(c4C)COC5=O)CC3)CC2=O)ccc1C#N.